The van der Waals surface area contributed by atoms with E-state index < -0.39 is 0 Å². The molecule has 1 aliphatic rings. The van der Waals surface area contributed by atoms with Crippen LogP contribution in [0.5, 0.6) is 0 Å². The summed E-state index contributed by atoms with van der Waals surface area (Å²) in [6.07, 6.45) is 9.47. The van der Waals surface area contributed by atoms with Gasteiger partial charge >= 0.3 is 0 Å². The second-order valence-corrected chi connectivity index (χ2v) is 6.51. The first-order valence-corrected chi connectivity index (χ1v) is 8.51. The van der Waals surface area contributed by atoms with Crippen molar-refractivity contribution < 1.29 is 9.59 Å². The van der Waals surface area contributed by atoms with Crippen molar-refractivity contribution in [2.24, 2.45) is 0 Å². The Balaban J connectivity index is 2.28. The third kappa shape index (κ3) is 5.50. The molecule has 0 saturated carbocycles. The second kappa shape index (κ2) is 9.29. The van der Waals surface area contributed by atoms with Crippen molar-refractivity contribution in [3.05, 3.63) is 0 Å². The lowest BCUT2D eigenvalue weighted by molar-refractivity contribution is 0.149. The van der Waals surface area contributed by atoms with Crippen LogP contribution in [0.15, 0.2) is 0 Å². The zero-order valence-corrected chi connectivity index (χ0v) is 14.2. The van der Waals surface area contributed by atoms with Gasteiger partial charge in [-0.1, -0.05) is 58.2 Å². The van der Waals surface area contributed by atoms with Crippen molar-refractivity contribution in [2.75, 3.05) is 14.1 Å². The molecule has 1 saturated heterocycles. The number of carbonyl (C=O) groups excluding carboxylic acids is 2. The summed E-state index contributed by atoms with van der Waals surface area (Å²) in [7, 11) is 4.20. The van der Waals surface area contributed by atoms with Crippen LogP contribution in [0, 0.1) is 0 Å². The molecule has 2 amide bonds. The number of amides is 2. The van der Waals surface area contributed by atoms with E-state index in [0.29, 0.717) is 7.17 Å². The van der Waals surface area contributed by atoms with E-state index in [1.54, 1.807) is 0 Å². The van der Waals surface area contributed by atoms with Crippen molar-refractivity contribution in [3.63, 3.8) is 0 Å². The van der Waals surface area contributed by atoms with E-state index >= 15 is 0 Å². The number of unbranched alkanes of at least 4 members (excludes halogenated alkanes) is 6. The fourth-order valence-electron chi connectivity index (χ4n) is 2.91. The van der Waals surface area contributed by atoms with E-state index in [4.69, 9.17) is 0 Å². The van der Waals surface area contributed by atoms with Crippen molar-refractivity contribution in [3.8, 4) is 0 Å². The van der Waals surface area contributed by atoms with Gasteiger partial charge in [0.1, 0.15) is 0 Å². The molecule has 0 aromatic rings. The van der Waals surface area contributed by atoms with Gasteiger partial charge < -0.3 is 0 Å². The number of nitrogens with zero attached hydrogens (tertiary/aromatic N) is 2. The summed E-state index contributed by atoms with van der Waals surface area (Å²) in [5, 5.41) is 0. The fraction of sp³-hybridized carbons (Fsp3) is 0.867. The maximum Gasteiger partial charge on any atom is 0.229 e. The normalized spacial score (nSPS) is 16.8. The van der Waals surface area contributed by atoms with E-state index in [9.17, 15) is 9.59 Å². The van der Waals surface area contributed by atoms with Crippen LogP contribution < -0.4 is 0 Å². The molecule has 1 fully saturated rings. The molecule has 1 aliphatic heterocycles. The minimum atomic E-state index is -0.135. The van der Waals surface area contributed by atoms with Crippen molar-refractivity contribution >= 4 is 25.4 Å². The minimum absolute atomic E-state index is 0.00542. The maximum absolute atomic E-state index is 12.3. The average molecular weight is 292 g/mol. The average Bonchev–Trinajstić information content (AvgIpc) is 2.71. The SMILES string of the molecule is CCCCCCCCCB1BC(=O)N(C(C)N(C)C)C1=O. The molecule has 0 N–H and O–H groups in total. The smallest absolute Gasteiger partial charge is 0.229 e. The highest BCUT2D eigenvalue weighted by Gasteiger charge is 2.44. The number of imide groups is 1. The van der Waals surface area contributed by atoms with Crippen LogP contribution in [0.4, 0.5) is 9.59 Å². The van der Waals surface area contributed by atoms with Gasteiger partial charge in [0.15, 0.2) is 11.6 Å². The molecule has 6 heteroatoms. The van der Waals surface area contributed by atoms with Gasteiger partial charge in [-0.05, 0) is 21.0 Å². The molecule has 0 spiro atoms. The van der Waals surface area contributed by atoms with Gasteiger partial charge in [0.05, 0.1) is 6.17 Å². The quantitative estimate of drug-likeness (QED) is 0.458. The first-order chi connectivity index (χ1) is 9.99. The Kier molecular flexibility index (Phi) is 8.09. The van der Waals surface area contributed by atoms with Crippen LogP contribution in [0.3, 0.4) is 0 Å². The zero-order valence-electron chi connectivity index (χ0n) is 14.2. The third-order valence-electron chi connectivity index (χ3n) is 4.55. The van der Waals surface area contributed by atoms with Gasteiger partial charge in [-0.15, -0.1) is 0 Å². The Bertz CT molecular complexity index is 351. The molecule has 0 aromatic carbocycles. The molecular formula is C15H30B2N2O2. The number of carbonyl (C=O) groups is 2. The topological polar surface area (TPSA) is 40.6 Å². The van der Waals surface area contributed by atoms with E-state index in [1.165, 1.54) is 43.4 Å². The first kappa shape index (κ1) is 18.3. The summed E-state index contributed by atoms with van der Waals surface area (Å²) in [4.78, 5) is 27.7. The Hall–Kier alpha value is -0.770. The molecule has 0 bridgehead atoms. The largest absolute Gasteiger partial charge is 0.289 e. The van der Waals surface area contributed by atoms with Gasteiger partial charge in [-0.2, -0.15) is 0 Å². The lowest BCUT2D eigenvalue weighted by Gasteiger charge is -2.29. The van der Waals surface area contributed by atoms with Gasteiger partial charge in [0.2, 0.25) is 13.8 Å². The molecule has 0 radical (unpaired) electrons. The fourth-order valence-corrected chi connectivity index (χ4v) is 2.91. The van der Waals surface area contributed by atoms with E-state index in [2.05, 4.69) is 6.92 Å². The van der Waals surface area contributed by atoms with Gasteiger partial charge in [0, 0.05) is 0 Å². The van der Waals surface area contributed by atoms with Gasteiger partial charge in [-0.3, -0.25) is 19.4 Å². The van der Waals surface area contributed by atoms with Gasteiger partial charge in [-0.25, -0.2) is 0 Å². The van der Waals surface area contributed by atoms with E-state index in [1.807, 2.05) is 25.9 Å². The van der Waals surface area contributed by atoms with Crippen LogP contribution in [-0.4, -0.2) is 55.4 Å². The summed E-state index contributed by atoms with van der Waals surface area (Å²) in [5.74, 6) is 0.0290. The minimum Gasteiger partial charge on any atom is -0.289 e. The van der Waals surface area contributed by atoms with Crippen LogP contribution in [-0.2, 0) is 0 Å². The molecule has 0 aromatic heterocycles. The van der Waals surface area contributed by atoms with Crippen LogP contribution >= 0.6 is 0 Å². The summed E-state index contributed by atoms with van der Waals surface area (Å²) in [6, 6.07) is 0. The third-order valence-corrected chi connectivity index (χ3v) is 4.55. The first-order valence-electron chi connectivity index (χ1n) is 8.51. The predicted molar refractivity (Wildman–Crippen MR) is 91.5 cm³/mol. The molecule has 21 heavy (non-hydrogen) atoms. The monoisotopic (exact) mass is 292 g/mol. The Morgan fingerprint density at radius 1 is 1.10 bits per heavy atom. The van der Waals surface area contributed by atoms with Crippen LogP contribution in [0.25, 0.3) is 0 Å². The van der Waals surface area contributed by atoms with E-state index in [0.717, 1.165) is 12.7 Å². The standard InChI is InChI=1S/C15H30B2N2O2/c1-5-6-7-8-9-10-11-12-17-15(21)19(14(20)16-17)13(2)18(3)4/h13,16H,5-12H2,1-4H3. The molecule has 118 valence electrons. The van der Waals surface area contributed by atoms with Gasteiger partial charge in [0.25, 0.3) is 0 Å². The molecular weight excluding hydrogens is 262 g/mol. The molecule has 1 rings (SSSR count). The highest BCUT2D eigenvalue weighted by molar-refractivity contribution is 7.39. The molecule has 0 aliphatic carbocycles. The highest BCUT2D eigenvalue weighted by atomic mass is 16.2. The number of hydrogen-bond acceptors (Lipinski definition) is 3. The molecule has 1 unspecified atom stereocenters. The maximum atomic E-state index is 12.3. The number of hydrogen-bond donors (Lipinski definition) is 0. The van der Waals surface area contributed by atoms with Crippen molar-refractivity contribution in [1.29, 1.82) is 0 Å². The Morgan fingerprint density at radius 3 is 2.24 bits per heavy atom. The molecule has 4 nitrogen and oxygen atoms in total. The number of rotatable bonds is 10. The Morgan fingerprint density at radius 2 is 1.67 bits per heavy atom. The highest BCUT2D eigenvalue weighted by Crippen LogP contribution is 2.18. The molecule has 1 atom stereocenters. The summed E-state index contributed by atoms with van der Waals surface area (Å²) >= 11 is 0. The van der Waals surface area contributed by atoms with Crippen molar-refractivity contribution in [2.45, 2.75) is 71.3 Å². The van der Waals surface area contributed by atoms with Crippen LogP contribution in [0.1, 0.15) is 58.8 Å². The summed E-state index contributed by atoms with van der Waals surface area (Å²) < 4.78 is 0. The summed E-state index contributed by atoms with van der Waals surface area (Å²) in [5.41, 5.74) is 0. The Labute approximate surface area is 130 Å². The zero-order chi connectivity index (χ0) is 15.8. The molecule has 1 heterocycles. The second-order valence-electron chi connectivity index (χ2n) is 6.51. The summed E-state index contributed by atoms with van der Waals surface area (Å²) in [6.45, 7) is 4.06. The van der Waals surface area contributed by atoms with Crippen molar-refractivity contribution in [1.82, 2.24) is 9.80 Å². The lowest BCUT2D eigenvalue weighted by atomic mass is 9.21. The predicted octanol–water partition coefficient (Wildman–Crippen LogP) is 3.21. The lowest BCUT2D eigenvalue weighted by Crippen LogP contribution is -2.46. The van der Waals surface area contributed by atoms with E-state index in [-0.39, 0.29) is 24.4 Å². The van der Waals surface area contributed by atoms with Crippen LogP contribution in [0.2, 0.25) is 6.32 Å².